The summed E-state index contributed by atoms with van der Waals surface area (Å²) >= 11 is 1.22. The number of para-hydroxylation sites is 1. The topological polar surface area (TPSA) is 97.1 Å². The van der Waals surface area contributed by atoms with Crippen LogP contribution in [-0.4, -0.2) is 25.2 Å². The minimum atomic E-state index is -1.15. The molecule has 2 N–H and O–H groups in total. The van der Waals surface area contributed by atoms with Crippen molar-refractivity contribution in [2.24, 2.45) is 13.0 Å². The monoisotopic (exact) mass is 411 g/mol. The Hall–Kier alpha value is -3.13. The third kappa shape index (κ3) is 3.09. The Kier molecular flexibility index (Phi) is 4.66. The Bertz CT molecular complexity index is 1370. The van der Waals surface area contributed by atoms with Crippen molar-refractivity contribution in [3.05, 3.63) is 67.3 Å². The number of carboxylic acid groups (broad SMARTS) is 1. The van der Waals surface area contributed by atoms with Gasteiger partial charge in [0.05, 0.1) is 10.9 Å². The summed E-state index contributed by atoms with van der Waals surface area (Å²) in [5.74, 6) is -0.987. The smallest absolute Gasteiger partial charge is 0.337 e. The molecular formula is C21H21N3O4S. The zero-order chi connectivity index (χ0) is 20.9. The fraction of sp³-hybridized carbons (Fsp3) is 0.286. The van der Waals surface area contributed by atoms with Crippen molar-refractivity contribution in [1.29, 1.82) is 0 Å². The van der Waals surface area contributed by atoms with Crippen LogP contribution in [0.4, 0.5) is 0 Å². The molecule has 0 fully saturated rings. The first-order valence-electron chi connectivity index (χ1n) is 9.33. The van der Waals surface area contributed by atoms with Gasteiger partial charge in [0.2, 0.25) is 0 Å². The van der Waals surface area contributed by atoms with Crippen molar-refractivity contribution in [3.63, 3.8) is 0 Å². The third-order valence-electron chi connectivity index (χ3n) is 5.03. The van der Waals surface area contributed by atoms with Gasteiger partial charge in [-0.1, -0.05) is 32.0 Å². The van der Waals surface area contributed by atoms with Gasteiger partial charge < -0.3 is 10.1 Å². The molecule has 150 valence electrons. The zero-order valence-electron chi connectivity index (χ0n) is 16.4. The summed E-state index contributed by atoms with van der Waals surface area (Å²) in [7, 11) is 1.39. The molecule has 3 aromatic heterocycles. The molecule has 0 atom stereocenters. The molecule has 0 radical (unpaired) electrons. The molecule has 0 spiro atoms. The van der Waals surface area contributed by atoms with Gasteiger partial charge in [0.25, 0.3) is 5.56 Å². The lowest BCUT2D eigenvalue weighted by atomic mass is 10.1. The largest absolute Gasteiger partial charge is 0.478 e. The van der Waals surface area contributed by atoms with E-state index in [-0.39, 0.29) is 16.9 Å². The van der Waals surface area contributed by atoms with Gasteiger partial charge in [-0.2, -0.15) is 0 Å². The van der Waals surface area contributed by atoms with Crippen LogP contribution >= 0.6 is 11.3 Å². The molecule has 0 aliphatic rings. The number of nitrogens with zero attached hydrogens (tertiary/aromatic N) is 2. The lowest BCUT2D eigenvalue weighted by molar-refractivity contribution is 0.0698. The lowest BCUT2D eigenvalue weighted by Crippen LogP contribution is -2.38. The minimum absolute atomic E-state index is 0.00612. The summed E-state index contributed by atoms with van der Waals surface area (Å²) in [4.78, 5) is 41.9. The van der Waals surface area contributed by atoms with Gasteiger partial charge >= 0.3 is 11.7 Å². The van der Waals surface area contributed by atoms with Gasteiger partial charge in [-0.15, -0.1) is 11.3 Å². The van der Waals surface area contributed by atoms with E-state index in [1.165, 1.54) is 23.0 Å². The molecule has 0 unspecified atom stereocenters. The van der Waals surface area contributed by atoms with E-state index in [0.29, 0.717) is 22.7 Å². The number of aromatic amines is 1. The number of nitrogens with one attached hydrogen (secondary N) is 1. The van der Waals surface area contributed by atoms with E-state index in [2.05, 4.69) is 4.98 Å². The Labute approximate surface area is 169 Å². The highest BCUT2D eigenvalue weighted by molar-refractivity contribution is 7.19. The first-order valence-corrected chi connectivity index (χ1v) is 10.1. The summed E-state index contributed by atoms with van der Waals surface area (Å²) in [6.45, 7) is 4.36. The number of benzene rings is 1. The number of hydrogen-bond acceptors (Lipinski definition) is 4. The average Bonchev–Trinajstić information content (AvgIpc) is 3.25. The molecule has 3 heterocycles. The number of aromatic nitrogens is 3. The quantitative estimate of drug-likeness (QED) is 0.527. The summed E-state index contributed by atoms with van der Waals surface area (Å²) in [5.41, 5.74) is 0.919. The molecule has 0 saturated heterocycles. The summed E-state index contributed by atoms with van der Waals surface area (Å²) < 4.78 is 2.52. The first kappa shape index (κ1) is 19.2. The summed E-state index contributed by atoms with van der Waals surface area (Å²) in [5, 5.41) is 11.0. The van der Waals surface area contributed by atoms with E-state index in [9.17, 15) is 19.5 Å². The minimum Gasteiger partial charge on any atom is -0.478 e. The van der Waals surface area contributed by atoms with E-state index < -0.39 is 17.2 Å². The normalized spacial score (nSPS) is 11.7. The molecule has 0 aliphatic carbocycles. The van der Waals surface area contributed by atoms with Gasteiger partial charge in [-0.25, -0.2) is 9.59 Å². The maximum Gasteiger partial charge on any atom is 0.337 e. The van der Waals surface area contributed by atoms with Crippen molar-refractivity contribution >= 4 is 38.4 Å². The highest BCUT2D eigenvalue weighted by atomic mass is 32.1. The molecule has 4 rings (SSSR count). The highest BCUT2D eigenvalue weighted by Gasteiger charge is 2.25. The second-order valence-corrected chi connectivity index (χ2v) is 8.66. The van der Waals surface area contributed by atoms with Crippen LogP contribution in [-0.2, 0) is 20.0 Å². The third-order valence-corrected chi connectivity index (χ3v) is 6.24. The van der Waals surface area contributed by atoms with Crippen molar-refractivity contribution in [2.45, 2.75) is 26.8 Å². The number of rotatable bonds is 5. The van der Waals surface area contributed by atoms with Crippen LogP contribution in [0.15, 0.2) is 40.1 Å². The molecule has 0 aliphatic heterocycles. The molecule has 0 saturated carbocycles. The molecule has 0 bridgehead atoms. The predicted octanol–water partition coefficient (Wildman–Crippen LogP) is 3.19. The van der Waals surface area contributed by atoms with E-state index in [1.807, 2.05) is 44.3 Å². The number of fused-ring (bicyclic) bond motifs is 2. The van der Waals surface area contributed by atoms with Crippen molar-refractivity contribution in [3.8, 4) is 0 Å². The molecule has 1 aromatic carbocycles. The molecule has 4 aromatic rings. The van der Waals surface area contributed by atoms with Gasteiger partial charge in [0.15, 0.2) is 0 Å². The SMILES string of the molecule is CC(C)Cn1c(=O)n(C)c(=O)c2c(C(=O)O)c(Cc3c[nH]c4ccccc34)sc21. The number of aromatic carboxylic acids is 1. The first-order chi connectivity index (χ1) is 13.8. The number of carboxylic acids is 1. The Balaban J connectivity index is 2.01. The van der Waals surface area contributed by atoms with Crippen LogP contribution in [0, 0.1) is 5.92 Å². The Morgan fingerprint density at radius 3 is 2.66 bits per heavy atom. The van der Waals surface area contributed by atoms with Crippen molar-refractivity contribution in [2.75, 3.05) is 0 Å². The highest BCUT2D eigenvalue weighted by Crippen LogP contribution is 2.32. The Morgan fingerprint density at radius 1 is 1.24 bits per heavy atom. The second kappa shape index (κ2) is 7.04. The second-order valence-electron chi connectivity index (χ2n) is 7.57. The fourth-order valence-electron chi connectivity index (χ4n) is 3.70. The van der Waals surface area contributed by atoms with Crippen LogP contribution < -0.4 is 11.2 Å². The lowest BCUT2D eigenvalue weighted by Gasteiger charge is -2.11. The zero-order valence-corrected chi connectivity index (χ0v) is 17.2. The van der Waals surface area contributed by atoms with Crippen LogP contribution in [0.25, 0.3) is 21.1 Å². The number of thiophene rings is 1. The molecular weight excluding hydrogens is 390 g/mol. The van der Waals surface area contributed by atoms with E-state index in [0.717, 1.165) is 21.0 Å². The number of carbonyl (C=O) groups is 1. The molecule has 8 heteroatoms. The van der Waals surface area contributed by atoms with Gasteiger partial charge in [-0.3, -0.25) is 13.9 Å². The van der Waals surface area contributed by atoms with Crippen molar-refractivity contribution < 1.29 is 9.90 Å². The summed E-state index contributed by atoms with van der Waals surface area (Å²) in [6, 6.07) is 7.79. The average molecular weight is 411 g/mol. The van der Waals surface area contributed by atoms with Crippen LogP contribution in [0.2, 0.25) is 0 Å². The maximum atomic E-state index is 12.8. The van der Waals surface area contributed by atoms with E-state index in [4.69, 9.17) is 0 Å². The predicted molar refractivity (Wildman–Crippen MR) is 114 cm³/mol. The van der Waals surface area contributed by atoms with Crippen molar-refractivity contribution in [1.82, 2.24) is 14.1 Å². The van der Waals surface area contributed by atoms with E-state index >= 15 is 0 Å². The summed E-state index contributed by atoms with van der Waals surface area (Å²) in [6.07, 6.45) is 2.23. The number of H-pyrrole nitrogens is 1. The maximum absolute atomic E-state index is 12.8. The van der Waals surface area contributed by atoms with Gasteiger partial charge in [-0.05, 0) is 17.5 Å². The molecule has 29 heavy (non-hydrogen) atoms. The molecule has 7 nitrogen and oxygen atoms in total. The van der Waals surface area contributed by atoms with Crippen LogP contribution in [0.5, 0.6) is 0 Å². The van der Waals surface area contributed by atoms with Crippen LogP contribution in [0.1, 0.15) is 34.6 Å². The standard InChI is InChI=1S/C21H21N3O4S/c1-11(2)10-24-19-17(18(25)23(3)21(24)28)16(20(26)27)15(29-19)8-12-9-22-14-7-5-4-6-13(12)14/h4-7,9,11,22H,8,10H2,1-3H3,(H,26,27). The number of hydrogen-bond donors (Lipinski definition) is 2. The fourth-order valence-corrected chi connectivity index (χ4v) is 5.01. The Morgan fingerprint density at radius 2 is 1.97 bits per heavy atom. The molecule has 0 amide bonds. The van der Waals surface area contributed by atoms with Gasteiger partial charge in [0, 0.05) is 42.0 Å². The van der Waals surface area contributed by atoms with E-state index in [1.54, 1.807) is 0 Å². The van der Waals surface area contributed by atoms with Gasteiger partial charge in [0.1, 0.15) is 4.83 Å². The van der Waals surface area contributed by atoms with Crippen LogP contribution in [0.3, 0.4) is 0 Å².